The maximum absolute atomic E-state index is 12.5. The molecule has 3 rings (SSSR count). The molecule has 138 valence electrons. The van der Waals surface area contributed by atoms with Gasteiger partial charge in [0.15, 0.2) is 0 Å². The van der Waals surface area contributed by atoms with E-state index in [1.165, 1.54) is 0 Å². The molecule has 2 N–H and O–H groups in total. The van der Waals surface area contributed by atoms with Crippen molar-refractivity contribution in [3.05, 3.63) is 45.0 Å². The van der Waals surface area contributed by atoms with Crippen LogP contribution in [0.4, 0.5) is 0 Å². The van der Waals surface area contributed by atoms with Crippen LogP contribution in [0.2, 0.25) is 0 Å². The number of aliphatic carboxylic acids is 1. The molecule has 0 spiro atoms. The van der Waals surface area contributed by atoms with E-state index in [2.05, 4.69) is 5.10 Å². The van der Waals surface area contributed by atoms with Crippen LogP contribution in [0.3, 0.4) is 0 Å². The van der Waals surface area contributed by atoms with Crippen molar-refractivity contribution in [3.8, 4) is 0 Å². The Morgan fingerprint density at radius 3 is 2.62 bits per heavy atom. The fourth-order valence-electron chi connectivity index (χ4n) is 3.58. The van der Waals surface area contributed by atoms with Crippen molar-refractivity contribution in [2.75, 3.05) is 6.54 Å². The van der Waals surface area contributed by atoms with Gasteiger partial charge in [-0.25, -0.2) is 4.68 Å². The average Bonchev–Trinajstić information content (AvgIpc) is 2.63. The largest absolute Gasteiger partial charge is 0.481 e. The van der Waals surface area contributed by atoms with Crippen molar-refractivity contribution >= 4 is 22.6 Å². The summed E-state index contributed by atoms with van der Waals surface area (Å²) in [5.41, 5.74) is -0.743. The second-order valence-electron chi connectivity index (χ2n) is 6.61. The lowest BCUT2D eigenvalue weighted by molar-refractivity contribution is -0.149. The molecule has 0 radical (unpaired) electrons. The second kappa shape index (κ2) is 7.15. The predicted molar refractivity (Wildman–Crippen MR) is 95.0 cm³/mol. The molecule has 1 amide bonds. The topological polar surface area (TPSA) is 112 Å². The number of amides is 1. The van der Waals surface area contributed by atoms with E-state index >= 15 is 0 Å². The van der Waals surface area contributed by atoms with Crippen LogP contribution in [0.15, 0.2) is 33.9 Å². The smallest absolute Gasteiger partial charge is 0.308 e. The molecule has 1 aromatic heterocycles. The Morgan fingerprint density at radius 2 is 1.92 bits per heavy atom. The number of H-pyrrole nitrogens is 1. The van der Waals surface area contributed by atoms with Crippen molar-refractivity contribution in [1.82, 2.24) is 14.7 Å². The van der Waals surface area contributed by atoms with Crippen LogP contribution in [-0.4, -0.2) is 44.3 Å². The van der Waals surface area contributed by atoms with Gasteiger partial charge < -0.3 is 10.0 Å². The minimum atomic E-state index is -0.898. The molecule has 2 aromatic rings. The number of fused-ring (bicyclic) bond motifs is 1. The number of nitrogens with one attached hydrogen (secondary N) is 1. The van der Waals surface area contributed by atoms with Crippen LogP contribution in [0.25, 0.3) is 10.8 Å². The van der Waals surface area contributed by atoms with Gasteiger partial charge in [0, 0.05) is 19.0 Å². The molecule has 1 aliphatic rings. The fourth-order valence-corrected chi connectivity index (χ4v) is 3.58. The predicted octanol–water partition coefficient (Wildman–Crippen LogP) is 0.792. The average molecular weight is 359 g/mol. The molecule has 1 aliphatic heterocycles. The van der Waals surface area contributed by atoms with Crippen LogP contribution < -0.4 is 11.1 Å². The molecule has 1 saturated heterocycles. The van der Waals surface area contributed by atoms with Gasteiger partial charge in [-0.1, -0.05) is 12.1 Å². The molecule has 1 fully saturated rings. The first kappa shape index (κ1) is 17.9. The number of aryl methyl sites for hydroxylation is 1. The zero-order chi connectivity index (χ0) is 18.8. The molecular formula is C18H21N3O5. The summed E-state index contributed by atoms with van der Waals surface area (Å²) in [6.07, 6.45) is 1.21. The van der Waals surface area contributed by atoms with Crippen LogP contribution in [0.5, 0.6) is 0 Å². The molecule has 0 bridgehead atoms. The van der Waals surface area contributed by atoms with E-state index in [1.807, 2.05) is 0 Å². The zero-order valence-corrected chi connectivity index (χ0v) is 14.5. The second-order valence-corrected chi connectivity index (χ2v) is 6.61. The Balaban J connectivity index is 1.77. The number of benzene rings is 1. The summed E-state index contributed by atoms with van der Waals surface area (Å²) >= 11 is 0. The lowest BCUT2D eigenvalue weighted by Crippen LogP contribution is -2.49. The molecule has 0 unspecified atom stereocenters. The lowest BCUT2D eigenvalue weighted by Gasteiger charge is -2.37. The first-order valence-electron chi connectivity index (χ1n) is 8.64. The van der Waals surface area contributed by atoms with Gasteiger partial charge in [0.1, 0.15) is 0 Å². The van der Waals surface area contributed by atoms with E-state index in [9.17, 15) is 24.3 Å². The van der Waals surface area contributed by atoms with Crippen molar-refractivity contribution in [3.63, 3.8) is 0 Å². The summed E-state index contributed by atoms with van der Waals surface area (Å²) in [6, 6.07) is 6.13. The number of carbonyl (C=O) groups is 2. The summed E-state index contributed by atoms with van der Waals surface area (Å²) < 4.78 is 1.14. The molecule has 8 nitrogen and oxygen atoms in total. The van der Waals surface area contributed by atoms with Crippen molar-refractivity contribution in [2.45, 2.75) is 38.8 Å². The third kappa shape index (κ3) is 3.26. The Morgan fingerprint density at radius 1 is 1.23 bits per heavy atom. The van der Waals surface area contributed by atoms with Gasteiger partial charge in [0.05, 0.1) is 23.2 Å². The van der Waals surface area contributed by atoms with Gasteiger partial charge in [0.25, 0.3) is 11.1 Å². The fraction of sp³-hybridized carbons (Fsp3) is 0.444. The van der Waals surface area contributed by atoms with E-state index in [4.69, 9.17) is 0 Å². The van der Waals surface area contributed by atoms with E-state index in [1.54, 1.807) is 36.1 Å². The zero-order valence-electron chi connectivity index (χ0n) is 14.5. The molecule has 0 saturated carbocycles. The van der Waals surface area contributed by atoms with E-state index < -0.39 is 11.9 Å². The molecule has 0 aliphatic carbocycles. The van der Waals surface area contributed by atoms with Crippen LogP contribution in [0.1, 0.15) is 26.2 Å². The number of nitrogens with zero attached hydrogens (tertiary/aromatic N) is 2. The summed E-state index contributed by atoms with van der Waals surface area (Å²) in [5.74, 6) is -1.69. The van der Waals surface area contributed by atoms with Gasteiger partial charge in [-0.15, -0.1) is 0 Å². The number of piperidine rings is 1. The standard InChI is InChI=1S/C18H21N3O5/c1-11-12(18(25)26)7-4-9-20(11)15(22)8-10-21-17(24)14-6-3-2-5-13(14)16(23)19-21/h2-3,5-6,11-12H,4,7-10H2,1H3,(H,19,23)(H,25,26)/t11-,12-/m1/s1. The Hall–Kier alpha value is -2.90. The molecule has 26 heavy (non-hydrogen) atoms. The number of carboxylic acid groups (broad SMARTS) is 1. The van der Waals surface area contributed by atoms with Crippen LogP contribution >= 0.6 is 0 Å². The number of likely N-dealkylation sites (tertiary alicyclic amines) is 1. The first-order valence-corrected chi connectivity index (χ1v) is 8.64. The van der Waals surface area contributed by atoms with Gasteiger partial charge in [-0.2, -0.15) is 0 Å². The number of hydrogen-bond acceptors (Lipinski definition) is 4. The number of aromatic amines is 1. The van der Waals surface area contributed by atoms with Crippen molar-refractivity contribution < 1.29 is 14.7 Å². The number of carboxylic acids is 1. The molecule has 2 atom stereocenters. The third-order valence-electron chi connectivity index (χ3n) is 5.06. The maximum Gasteiger partial charge on any atom is 0.308 e. The van der Waals surface area contributed by atoms with Crippen molar-refractivity contribution in [2.24, 2.45) is 5.92 Å². The lowest BCUT2D eigenvalue weighted by atomic mass is 9.90. The number of hydrogen-bond donors (Lipinski definition) is 2. The molecular weight excluding hydrogens is 338 g/mol. The van der Waals surface area contributed by atoms with Gasteiger partial charge >= 0.3 is 5.97 Å². The summed E-state index contributed by atoms with van der Waals surface area (Å²) in [4.78, 5) is 50.0. The van der Waals surface area contributed by atoms with E-state index in [0.29, 0.717) is 30.2 Å². The van der Waals surface area contributed by atoms with E-state index in [0.717, 1.165) is 4.68 Å². The normalized spacial score (nSPS) is 20.3. The highest BCUT2D eigenvalue weighted by molar-refractivity contribution is 5.80. The highest BCUT2D eigenvalue weighted by Gasteiger charge is 2.35. The molecule has 2 heterocycles. The highest BCUT2D eigenvalue weighted by atomic mass is 16.4. The van der Waals surface area contributed by atoms with Crippen molar-refractivity contribution in [1.29, 1.82) is 0 Å². The molecule has 1 aromatic carbocycles. The monoisotopic (exact) mass is 359 g/mol. The number of aromatic nitrogens is 2. The summed E-state index contributed by atoms with van der Waals surface area (Å²) in [5, 5.41) is 12.4. The quantitative estimate of drug-likeness (QED) is 0.838. The Labute approximate surface area is 149 Å². The maximum atomic E-state index is 12.5. The Kier molecular flexibility index (Phi) is 4.92. The summed E-state index contributed by atoms with van der Waals surface area (Å²) in [6.45, 7) is 2.28. The van der Waals surface area contributed by atoms with Gasteiger partial charge in [0.2, 0.25) is 5.91 Å². The number of carbonyl (C=O) groups excluding carboxylic acids is 1. The van der Waals surface area contributed by atoms with Gasteiger partial charge in [-0.05, 0) is 31.9 Å². The van der Waals surface area contributed by atoms with Gasteiger partial charge in [-0.3, -0.25) is 24.3 Å². The number of rotatable bonds is 4. The first-order chi connectivity index (χ1) is 12.4. The third-order valence-corrected chi connectivity index (χ3v) is 5.06. The minimum absolute atomic E-state index is 0.0187. The SMILES string of the molecule is C[C@@H]1[C@H](C(=O)O)CCCN1C(=O)CCn1[nH]c(=O)c2ccccc2c1=O. The summed E-state index contributed by atoms with van der Waals surface area (Å²) in [7, 11) is 0. The molecule has 8 heteroatoms. The highest BCUT2D eigenvalue weighted by Crippen LogP contribution is 2.24. The van der Waals surface area contributed by atoms with Crippen LogP contribution in [-0.2, 0) is 16.1 Å². The Bertz CT molecular complexity index is 961. The minimum Gasteiger partial charge on any atom is -0.481 e. The van der Waals surface area contributed by atoms with E-state index in [-0.39, 0.29) is 36.0 Å². The van der Waals surface area contributed by atoms with Crippen LogP contribution in [0, 0.1) is 5.92 Å².